The molecule has 1 aliphatic rings. The Bertz CT molecular complexity index is 1160. The molecule has 2 N–H and O–H groups in total. The van der Waals surface area contributed by atoms with Gasteiger partial charge in [0.25, 0.3) is 0 Å². The number of Topliss-reactive ketones (excluding diaryl/α,β-unsaturated/α-hetero) is 1. The monoisotopic (exact) mass is 491 g/mol. The molecule has 6 heteroatoms. The van der Waals surface area contributed by atoms with Gasteiger partial charge >= 0.3 is 5.97 Å². The number of anilines is 1. The first-order chi connectivity index (χ1) is 16.9. The number of amides is 1. The number of rotatable bonds is 9. The number of carbonyl (C=O) groups excluding carboxylic acids is 3. The third-order valence-corrected chi connectivity index (χ3v) is 6.11. The van der Waals surface area contributed by atoms with Crippen molar-refractivity contribution >= 4 is 23.3 Å². The van der Waals surface area contributed by atoms with Crippen LogP contribution in [0.15, 0.2) is 76.9 Å². The minimum atomic E-state index is -1.05. The molecule has 1 aromatic carbocycles. The van der Waals surface area contributed by atoms with Crippen LogP contribution in [0.5, 0.6) is 11.5 Å². The summed E-state index contributed by atoms with van der Waals surface area (Å²) in [7, 11) is 0. The second-order valence-electron chi connectivity index (χ2n) is 9.76. The van der Waals surface area contributed by atoms with E-state index in [0.29, 0.717) is 5.57 Å². The molecule has 0 atom stereocenters. The van der Waals surface area contributed by atoms with E-state index < -0.39 is 17.7 Å². The molecule has 6 nitrogen and oxygen atoms in total. The van der Waals surface area contributed by atoms with E-state index >= 15 is 0 Å². The lowest BCUT2D eigenvalue weighted by Crippen LogP contribution is -2.20. The molecule has 0 unspecified atom stereocenters. The minimum Gasteiger partial charge on any atom is -0.508 e. The molecule has 0 bridgehead atoms. The van der Waals surface area contributed by atoms with E-state index in [9.17, 15) is 19.5 Å². The summed E-state index contributed by atoms with van der Waals surface area (Å²) >= 11 is 0. The first-order valence-corrected chi connectivity index (χ1v) is 12.2. The highest BCUT2D eigenvalue weighted by molar-refractivity contribution is 6.34. The van der Waals surface area contributed by atoms with Gasteiger partial charge in [-0.2, -0.15) is 0 Å². The highest BCUT2D eigenvalue weighted by Gasteiger charge is 2.26. The molecule has 0 fully saturated rings. The highest BCUT2D eigenvalue weighted by Crippen LogP contribution is 2.40. The van der Waals surface area contributed by atoms with Crippen LogP contribution in [0.4, 0.5) is 5.69 Å². The summed E-state index contributed by atoms with van der Waals surface area (Å²) in [5.41, 5.74) is 5.05. The van der Waals surface area contributed by atoms with Crippen molar-refractivity contribution in [1.29, 1.82) is 0 Å². The third kappa shape index (κ3) is 8.52. The van der Waals surface area contributed by atoms with E-state index in [1.807, 2.05) is 25.2 Å². The van der Waals surface area contributed by atoms with Crippen LogP contribution in [0.1, 0.15) is 67.2 Å². The summed E-state index contributed by atoms with van der Waals surface area (Å²) in [4.78, 5) is 35.8. The fourth-order valence-electron chi connectivity index (χ4n) is 4.06. The van der Waals surface area contributed by atoms with E-state index in [1.165, 1.54) is 48.3 Å². The lowest BCUT2D eigenvalue weighted by molar-refractivity contribution is -0.146. The lowest BCUT2D eigenvalue weighted by atomic mass is 9.72. The molecule has 1 aliphatic carbocycles. The lowest BCUT2D eigenvalue weighted by Gasteiger charge is -2.32. The molecule has 1 aromatic rings. The van der Waals surface area contributed by atoms with Crippen LogP contribution < -0.4 is 10.1 Å². The first kappa shape index (κ1) is 28.6. The Balaban J connectivity index is 2.05. The van der Waals surface area contributed by atoms with E-state index in [-0.39, 0.29) is 29.0 Å². The summed E-state index contributed by atoms with van der Waals surface area (Å²) in [6.45, 7) is 12.2. The van der Waals surface area contributed by atoms with Crippen molar-refractivity contribution in [2.75, 3.05) is 5.32 Å². The number of esters is 1. The number of hydrogen-bond donors (Lipinski definition) is 2. The maximum absolute atomic E-state index is 12.5. The van der Waals surface area contributed by atoms with Gasteiger partial charge in [-0.25, -0.2) is 4.79 Å². The smallest absolute Gasteiger partial charge is 0.380 e. The number of carbonyl (C=O) groups is 3. The quantitative estimate of drug-likeness (QED) is 0.0996. The van der Waals surface area contributed by atoms with E-state index in [1.54, 1.807) is 13.8 Å². The van der Waals surface area contributed by atoms with Crippen LogP contribution in [-0.2, 0) is 14.4 Å². The number of ether oxygens (including phenoxy) is 1. The van der Waals surface area contributed by atoms with Crippen molar-refractivity contribution in [2.45, 2.75) is 67.2 Å². The van der Waals surface area contributed by atoms with Crippen LogP contribution >= 0.6 is 0 Å². The summed E-state index contributed by atoms with van der Waals surface area (Å²) in [5, 5.41) is 12.3. The topological polar surface area (TPSA) is 92.7 Å². The number of nitrogens with one attached hydrogen (secondary N) is 1. The van der Waals surface area contributed by atoms with Gasteiger partial charge in [-0.1, -0.05) is 62.3 Å². The normalized spacial score (nSPS) is 16.5. The van der Waals surface area contributed by atoms with Crippen LogP contribution in [0.25, 0.3) is 0 Å². The number of aromatic hydroxyl groups is 1. The molecule has 36 heavy (non-hydrogen) atoms. The summed E-state index contributed by atoms with van der Waals surface area (Å²) in [5.74, 6) is -2.46. The van der Waals surface area contributed by atoms with E-state index in [0.717, 1.165) is 12.0 Å². The van der Waals surface area contributed by atoms with Crippen LogP contribution in [-0.4, -0.2) is 22.8 Å². The number of phenolic OH excluding ortho intramolecular Hbond substituents is 1. The van der Waals surface area contributed by atoms with Crippen LogP contribution in [0.3, 0.4) is 0 Å². The standard InChI is InChI=1S/C30H37NO5/c1-7-26(33)29(35)36-27-19-23(32)14-16-25(27)31-28(34)18-21(3)11-8-10-20(2)13-15-24-22(4)12-9-17-30(24,5)6/h8,10-11,13-16,18-19,32H,7,9,12,17H2,1-6H3,(H,31,34). The Hall–Kier alpha value is -3.67. The SMILES string of the molecule is CCC(=O)C(=O)Oc1cc(O)ccc1NC(=O)C=C(C)C=CC=C(C)C=CC1=C(C)CCCC1(C)C. The molecule has 2 rings (SSSR count). The molecule has 192 valence electrons. The molecule has 0 aliphatic heterocycles. The maximum Gasteiger partial charge on any atom is 0.380 e. The second-order valence-corrected chi connectivity index (χ2v) is 9.76. The Morgan fingerprint density at radius 3 is 2.53 bits per heavy atom. The Morgan fingerprint density at radius 1 is 1.14 bits per heavy atom. The average Bonchev–Trinajstić information content (AvgIpc) is 2.79. The fraction of sp³-hybridized carbons (Fsp3) is 0.367. The number of phenols is 1. The predicted octanol–water partition coefficient (Wildman–Crippen LogP) is 6.75. The summed E-state index contributed by atoms with van der Waals surface area (Å²) in [6.07, 6.45) is 15.0. The fourth-order valence-corrected chi connectivity index (χ4v) is 4.06. The summed E-state index contributed by atoms with van der Waals surface area (Å²) < 4.78 is 5.05. The van der Waals surface area contributed by atoms with Gasteiger partial charge < -0.3 is 15.2 Å². The van der Waals surface area contributed by atoms with Crippen molar-refractivity contribution < 1.29 is 24.2 Å². The average molecular weight is 492 g/mol. The number of hydrogen-bond acceptors (Lipinski definition) is 5. The number of benzene rings is 1. The van der Waals surface area contributed by atoms with Gasteiger partial charge in [0.05, 0.1) is 5.69 Å². The van der Waals surface area contributed by atoms with Gasteiger partial charge in [-0.15, -0.1) is 0 Å². The maximum atomic E-state index is 12.5. The number of ketones is 1. The molecule has 0 radical (unpaired) electrons. The highest BCUT2D eigenvalue weighted by atomic mass is 16.5. The molecule has 0 heterocycles. The van der Waals surface area contributed by atoms with Crippen molar-refractivity contribution in [1.82, 2.24) is 0 Å². The second kappa shape index (κ2) is 12.9. The third-order valence-electron chi connectivity index (χ3n) is 6.11. The van der Waals surface area contributed by atoms with Crippen LogP contribution in [0, 0.1) is 5.41 Å². The minimum absolute atomic E-state index is 0.00713. The van der Waals surface area contributed by atoms with Gasteiger partial charge in [-0.05, 0) is 68.7 Å². The Kier molecular flexibility index (Phi) is 10.2. The van der Waals surface area contributed by atoms with Crippen molar-refractivity contribution in [3.8, 4) is 11.5 Å². The van der Waals surface area contributed by atoms with Gasteiger partial charge in [0, 0.05) is 18.6 Å². The zero-order chi connectivity index (χ0) is 26.9. The van der Waals surface area contributed by atoms with Crippen LogP contribution in [0.2, 0.25) is 0 Å². The zero-order valence-electron chi connectivity index (χ0n) is 22.1. The zero-order valence-corrected chi connectivity index (χ0v) is 22.1. The van der Waals surface area contributed by atoms with Crippen molar-refractivity contribution in [2.24, 2.45) is 5.41 Å². The Morgan fingerprint density at radius 2 is 1.86 bits per heavy atom. The number of allylic oxidation sites excluding steroid dienone is 9. The van der Waals surface area contributed by atoms with E-state index in [4.69, 9.17) is 4.74 Å². The molecule has 0 spiro atoms. The molecule has 0 aromatic heterocycles. The predicted molar refractivity (Wildman–Crippen MR) is 144 cm³/mol. The van der Waals surface area contributed by atoms with E-state index in [2.05, 4.69) is 38.2 Å². The Labute approximate surface area is 214 Å². The molecular formula is C30H37NO5. The molecule has 1 amide bonds. The largest absolute Gasteiger partial charge is 0.508 e. The van der Waals surface area contributed by atoms with Crippen molar-refractivity contribution in [3.63, 3.8) is 0 Å². The first-order valence-electron chi connectivity index (χ1n) is 12.2. The van der Waals surface area contributed by atoms with Gasteiger partial charge in [-0.3, -0.25) is 9.59 Å². The molecular weight excluding hydrogens is 454 g/mol. The molecule has 0 saturated carbocycles. The summed E-state index contributed by atoms with van der Waals surface area (Å²) in [6, 6.07) is 3.91. The van der Waals surface area contributed by atoms with Crippen molar-refractivity contribution in [3.05, 3.63) is 76.9 Å². The van der Waals surface area contributed by atoms with Gasteiger partial charge in [0.1, 0.15) is 5.75 Å². The molecule has 0 saturated heterocycles. The van der Waals surface area contributed by atoms with Gasteiger partial charge in [0.15, 0.2) is 5.75 Å². The van der Waals surface area contributed by atoms with Gasteiger partial charge in [0.2, 0.25) is 11.7 Å².